The number of rotatable bonds is 3. The zero-order valence-corrected chi connectivity index (χ0v) is 8.21. The Morgan fingerprint density at radius 1 is 1.50 bits per heavy atom. The lowest BCUT2D eigenvalue weighted by molar-refractivity contribution is 0.0597. The molecule has 0 fully saturated rings. The molecular weight excluding hydrogens is 202 g/mol. The second-order valence-electron chi connectivity index (χ2n) is 2.26. The van der Waals surface area contributed by atoms with Gasteiger partial charge in [0.25, 0.3) is 0 Å². The first-order valence-corrected chi connectivity index (χ1v) is 4.48. The molecule has 0 amide bonds. The molecule has 72 valence electrons. The van der Waals surface area contributed by atoms with Gasteiger partial charge in [-0.2, -0.15) is 0 Å². The minimum Gasteiger partial charge on any atom is -0.465 e. The Hall–Kier alpha value is -1.58. The summed E-state index contributed by atoms with van der Waals surface area (Å²) in [5, 5.41) is 0. The lowest BCUT2D eigenvalue weighted by Gasteiger charge is -2.02. The monoisotopic (exact) mass is 209 g/mol. The molecule has 1 rings (SSSR count). The molecule has 14 heavy (non-hydrogen) atoms. The van der Waals surface area contributed by atoms with Crippen LogP contribution in [0, 0.1) is 0 Å². The van der Waals surface area contributed by atoms with E-state index in [2.05, 4.69) is 9.13 Å². The minimum atomic E-state index is -0.450. The molecule has 0 saturated carbocycles. The van der Waals surface area contributed by atoms with Crippen molar-refractivity contribution < 1.29 is 14.3 Å². The lowest BCUT2D eigenvalue weighted by atomic mass is 10.2. The van der Waals surface area contributed by atoms with Gasteiger partial charge in [-0.3, -0.25) is 0 Å². The van der Waals surface area contributed by atoms with E-state index in [1.54, 1.807) is 24.3 Å². The molecule has 1 aromatic carbocycles. The quantitative estimate of drug-likeness (QED) is 0.330. The first kappa shape index (κ1) is 10.5. The van der Waals surface area contributed by atoms with Crippen LogP contribution in [0.1, 0.15) is 10.4 Å². The number of benzene rings is 1. The fourth-order valence-electron chi connectivity index (χ4n) is 0.893. The second-order valence-corrected chi connectivity index (χ2v) is 3.07. The summed E-state index contributed by atoms with van der Waals surface area (Å²) in [6.07, 6.45) is 1.39. The van der Waals surface area contributed by atoms with E-state index in [1.165, 1.54) is 13.2 Å². The van der Waals surface area contributed by atoms with Crippen molar-refractivity contribution in [1.82, 2.24) is 0 Å². The standard InChI is InChI=1S/C9H7NO3S/c1-13-9(12)7-4-2-3-5-8(7)14-10-6-11/h2-5H,1H3. The molecule has 0 aromatic heterocycles. The summed E-state index contributed by atoms with van der Waals surface area (Å²) in [7, 11) is 1.30. The van der Waals surface area contributed by atoms with Crippen molar-refractivity contribution in [3.8, 4) is 0 Å². The molecule has 0 aliphatic rings. The number of esters is 1. The van der Waals surface area contributed by atoms with E-state index in [9.17, 15) is 9.59 Å². The number of carbonyl (C=O) groups is 1. The molecular formula is C9H7NO3S. The molecule has 4 nitrogen and oxygen atoms in total. The maximum atomic E-state index is 11.2. The molecule has 0 saturated heterocycles. The Kier molecular flexibility index (Phi) is 3.91. The molecule has 0 radical (unpaired) electrons. The molecule has 0 bridgehead atoms. The van der Waals surface area contributed by atoms with Gasteiger partial charge in [0, 0.05) is 16.8 Å². The lowest BCUT2D eigenvalue weighted by Crippen LogP contribution is -2.02. The Morgan fingerprint density at radius 2 is 2.21 bits per heavy atom. The van der Waals surface area contributed by atoms with Crippen LogP contribution in [0.3, 0.4) is 0 Å². The molecule has 0 spiro atoms. The van der Waals surface area contributed by atoms with Gasteiger partial charge in [-0.25, -0.2) is 9.59 Å². The fourth-order valence-corrected chi connectivity index (χ4v) is 1.42. The number of methoxy groups -OCH3 is 1. The van der Waals surface area contributed by atoms with Crippen molar-refractivity contribution >= 4 is 24.0 Å². The van der Waals surface area contributed by atoms with Gasteiger partial charge in [0.15, 0.2) is 0 Å². The van der Waals surface area contributed by atoms with E-state index in [0.29, 0.717) is 10.5 Å². The first-order valence-electron chi connectivity index (χ1n) is 3.71. The topological polar surface area (TPSA) is 55.7 Å². The van der Waals surface area contributed by atoms with Gasteiger partial charge in [-0.1, -0.05) is 12.1 Å². The van der Waals surface area contributed by atoms with E-state index in [-0.39, 0.29) is 0 Å². The van der Waals surface area contributed by atoms with Crippen molar-refractivity contribution in [2.75, 3.05) is 7.11 Å². The highest BCUT2D eigenvalue weighted by molar-refractivity contribution is 7.98. The van der Waals surface area contributed by atoms with E-state index in [1.807, 2.05) is 0 Å². The number of hydrogen-bond acceptors (Lipinski definition) is 5. The Balaban J connectivity index is 3.02. The highest BCUT2D eigenvalue weighted by atomic mass is 32.2. The Bertz CT molecular complexity index is 385. The van der Waals surface area contributed by atoms with Crippen LogP contribution in [-0.4, -0.2) is 19.2 Å². The predicted molar refractivity (Wildman–Crippen MR) is 51.8 cm³/mol. The third-order valence-electron chi connectivity index (χ3n) is 1.47. The number of ether oxygens (including phenoxy) is 1. The largest absolute Gasteiger partial charge is 0.465 e. The zero-order chi connectivity index (χ0) is 10.4. The van der Waals surface area contributed by atoms with Gasteiger partial charge >= 0.3 is 5.97 Å². The van der Waals surface area contributed by atoms with Crippen LogP contribution >= 0.6 is 11.9 Å². The van der Waals surface area contributed by atoms with E-state index in [4.69, 9.17) is 0 Å². The average Bonchev–Trinajstić information content (AvgIpc) is 2.25. The van der Waals surface area contributed by atoms with Crippen LogP contribution in [0.5, 0.6) is 0 Å². The van der Waals surface area contributed by atoms with Gasteiger partial charge in [-0.05, 0) is 12.1 Å². The summed E-state index contributed by atoms with van der Waals surface area (Å²) >= 11 is 0.891. The molecule has 0 N–H and O–H groups in total. The molecule has 0 unspecified atom stereocenters. The average molecular weight is 209 g/mol. The zero-order valence-electron chi connectivity index (χ0n) is 7.39. The molecule has 5 heteroatoms. The summed E-state index contributed by atoms with van der Waals surface area (Å²) in [4.78, 5) is 21.7. The molecule has 0 aliphatic carbocycles. The van der Waals surface area contributed by atoms with Crippen molar-refractivity contribution in [3.63, 3.8) is 0 Å². The first-order chi connectivity index (χ1) is 6.79. The molecule has 0 heterocycles. The smallest absolute Gasteiger partial charge is 0.339 e. The third-order valence-corrected chi connectivity index (χ3v) is 2.19. The van der Waals surface area contributed by atoms with Crippen molar-refractivity contribution in [2.45, 2.75) is 4.90 Å². The summed E-state index contributed by atoms with van der Waals surface area (Å²) < 4.78 is 7.89. The summed E-state index contributed by atoms with van der Waals surface area (Å²) in [5.41, 5.74) is 0.388. The molecule has 1 aromatic rings. The predicted octanol–water partition coefficient (Wildman–Crippen LogP) is 1.82. The number of isocyanates is 1. The summed E-state index contributed by atoms with van der Waals surface area (Å²) in [6.45, 7) is 0. The fraction of sp³-hybridized carbons (Fsp3) is 0.111. The van der Waals surface area contributed by atoms with Gasteiger partial charge in [0.05, 0.1) is 12.7 Å². The molecule has 0 atom stereocenters. The maximum absolute atomic E-state index is 11.2. The Labute approximate surface area is 85.1 Å². The Morgan fingerprint density at radius 3 is 2.86 bits per heavy atom. The normalized spacial score (nSPS) is 8.93. The number of nitrogens with zero attached hydrogens (tertiary/aromatic N) is 1. The van der Waals surface area contributed by atoms with Crippen molar-refractivity contribution in [2.24, 2.45) is 4.40 Å². The second kappa shape index (κ2) is 5.21. The number of hydrogen-bond donors (Lipinski definition) is 0. The van der Waals surface area contributed by atoms with Crippen LogP contribution < -0.4 is 0 Å². The summed E-state index contributed by atoms with van der Waals surface area (Å²) in [5.74, 6) is -0.450. The van der Waals surface area contributed by atoms with Crippen LogP contribution in [0.25, 0.3) is 0 Å². The van der Waals surface area contributed by atoms with Gasteiger partial charge < -0.3 is 4.74 Å². The molecule has 0 aliphatic heterocycles. The van der Waals surface area contributed by atoms with Crippen LogP contribution in [0.2, 0.25) is 0 Å². The van der Waals surface area contributed by atoms with Gasteiger partial charge in [0.1, 0.15) is 0 Å². The van der Waals surface area contributed by atoms with E-state index in [0.717, 1.165) is 11.9 Å². The highest BCUT2D eigenvalue weighted by Gasteiger charge is 2.10. The number of carbonyl (C=O) groups excluding carboxylic acids is 2. The van der Waals surface area contributed by atoms with Gasteiger partial charge in [-0.15, -0.1) is 4.40 Å². The minimum absolute atomic E-state index is 0.388. The SMILES string of the molecule is COC(=O)c1ccccc1SN=C=O. The van der Waals surface area contributed by atoms with Crippen LogP contribution in [0.15, 0.2) is 33.6 Å². The summed E-state index contributed by atoms with van der Waals surface area (Å²) in [6, 6.07) is 6.74. The maximum Gasteiger partial charge on any atom is 0.339 e. The van der Waals surface area contributed by atoms with E-state index < -0.39 is 5.97 Å². The van der Waals surface area contributed by atoms with Crippen molar-refractivity contribution in [3.05, 3.63) is 29.8 Å². The van der Waals surface area contributed by atoms with E-state index >= 15 is 0 Å². The van der Waals surface area contributed by atoms with Crippen LogP contribution in [-0.2, 0) is 9.53 Å². The van der Waals surface area contributed by atoms with Crippen molar-refractivity contribution in [1.29, 1.82) is 0 Å². The van der Waals surface area contributed by atoms with Crippen LogP contribution in [0.4, 0.5) is 0 Å². The third kappa shape index (κ3) is 2.45. The highest BCUT2D eigenvalue weighted by Crippen LogP contribution is 2.23. The van der Waals surface area contributed by atoms with Gasteiger partial charge in [0.2, 0.25) is 6.08 Å².